The van der Waals surface area contributed by atoms with Crippen molar-refractivity contribution in [2.24, 2.45) is 22.7 Å². The van der Waals surface area contributed by atoms with E-state index >= 15 is 0 Å². The summed E-state index contributed by atoms with van der Waals surface area (Å²) in [5.74, 6) is 1.54. The number of piperidine rings is 3. The number of fused-ring (bicyclic) bond motifs is 3. The highest BCUT2D eigenvalue weighted by molar-refractivity contribution is 6.11. The van der Waals surface area contributed by atoms with Crippen LogP contribution >= 0.6 is 0 Å². The Kier molecular flexibility index (Phi) is 2.91. The highest BCUT2D eigenvalue weighted by Gasteiger charge is 2.46. The van der Waals surface area contributed by atoms with Gasteiger partial charge >= 0.3 is 0 Å². The molecule has 1 unspecified atom stereocenters. The molecule has 0 radical (unpaired) electrons. The molecule has 3 saturated heterocycles. The molecule has 0 amide bonds. The van der Waals surface area contributed by atoms with Gasteiger partial charge in [-0.1, -0.05) is 0 Å². The van der Waals surface area contributed by atoms with Crippen LogP contribution in [0, 0.1) is 17.8 Å². The molecule has 1 aliphatic carbocycles. The Morgan fingerprint density at radius 3 is 2.87 bits per heavy atom. The van der Waals surface area contributed by atoms with E-state index in [-0.39, 0.29) is 11.7 Å². The zero-order valence-corrected chi connectivity index (χ0v) is 13.5. The molecule has 5 aliphatic heterocycles. The molecule has 5 heteroatoms. The number of hydrogen-bond donors (Lipinski definition) is 1. The predicted molar refractivity (Wildman–Crippen MR) is 88.4 cm³/mol. The molecule has 5 heterocycles. The van der Waals surface area contributed by atoms with Crippen LogP contribution in [-0.2, 0) is 4.79 Å². The molecule has 0 saturated carbocycles. The first-order chi connectivity index (χ1) is 11.2. The number of ketones is 1. The smallest absolute Gasteiger partial charge is 0.164 e. The van der Waals surface area contributed by atoms with Crippen molar-refractivity contribution in [3.05, 3.63) is 35.3 Å². The lowest BCUT2D eigenvalue weighted by Gasteiger charge is -2.48. The van der Waals surface area contributed by atoms with E-state index in [1.54, 1.807) is 0 Å². The van der Waals surface area contributed by atoms with Gasteiger partial charge in [-0.2, -0.15) is 0 Å². The first-order valence-electron chi connectivity index (χ1n) is 8.68. The largest absolute Gasteiger partial charge is 0.303 e. The van der Waals surface area contributed by atoms with Crippen LogP contribution in [0.2, 0.25) is 0 Å². The van der Waals surface area contributed by atoms with Gasteiger partial charge in [-0.15, -0.1) is 0 Å². The maximum absolute atomic E-state index is 13.0. The molecule has 0 spiro atoms. The molecule has 5 nitrogen and oxygen atoms in total. The molecule has 0 aromatic heterocycles. The second kappa shape index (κ2) is 4.89. The van der Waals surface area contributed by atoms with Gasteiger partial charge in [0.05, 0.1) is 11.6 Å². The standard InChI is InChI=1S/C18H22N4O/c1-11-13-8-16(23)17(15-10-21-5-2-12(15)3-6-21)14-9-20-22(18(13)14)7-4-19-11/h4,7-8,12,15,17,20H,2-3,5-6,9-10H2,1H3/t15?,17-/m1/s1. The number of carbonyl (C=O) groups is 1. The first-order valence-corrected chi connectivity index (χ1v) is 8.68. The number of hydrogen-bond acceptors (Lipinski definition) is 5. The van der Waals surface area contributed by atoms with E-state index < -0.39 is 0 Å². The molecular formula is C18H22N4O. The molecule has 2 bridgehead atoms. The molecule has 2 atom stereocenters. The number of aliphatic imine (C=N–C) groups is 1. The lowest BCUT2D eigenvalue weighted by molar-refractivity contribution is -0.121. The van der Waals surface area contributed by atoms with Crippen LogP contribution in [0.15, 0.2) is 40.3 Å². The van der Waals surface area contributed by atoms with Crippen LogP contribution in [0.3, 0.4) is 0 Å². The molecule has 120 valence electrons. The Labute approximate surface area is 136 Å². The second-order valence-corrected chi connectivity index (χ2v) is 7.33. The van der Waals surface area contributed by atoms with Crippen LogP contribution in [0.4, 0.5) is 0 Å². The Bertz CT molecular complexity index is 694. The molecule has 3 fully saturated rings. The van der Waals surface area contributed by atoms with Gasteiger partial charge in [0, 0.05) is 36.8 Å². The summed E-state index contributed by atoms with van der Waals surface area (Å²) >= 11 is 0. The van der Waals surface area contributed by atoms with Crippen LogP contribution in [0.1, 0.15) is 19.8 Å². The van der Waals surface area contributed by atoms with Crippen LogP contribution in [0.25, 0.3) is 0 Å². The highest BCUT2D eigenvalue weighted by atomic mass is 16.1. The first kappa shape index (κ1) is 13.7. The fraction of sp³-hybridized carbons (Fsp3) is 0.556. The van der Waals surface area contributed by atoms with Gasteiger partial charge in [0.15, 0.2) is 5.78 Å². The average Bonchev–Trinajstić information content (AvgIpc) is 2.91. The Morgan fingerprint density at radius 2 is 2.13 bits per heavy atom. The van der Waals surface area contributed by atoms with Crippen molar-refractivity contribution < 1.29 is 4.79 Å². The van der Waals surface area contributed by atoms with Gasteiger partial charge in [0.1, 0.15) is 0 Å². The Morgan fingerprint density at radius 1 is 1.30 bits per heavy atom. The Hall–Kier alpha value is -1.72. The van der Waals surface area contributed by atoms with E-state index in [0.29, 0.717) is 11.8 Å². The second-order valence-electron chi connectivity index (χ2n) is 7.33. The molecule has 6 aliphatic rings. The molecular weight excluding hydrogens is 288 g/mol. The molecule has 1 N–H and O–H groups in total. The number of nitrogens with zero attached hydrogens (tertiary/aromatic N) is 3. The van der Waals surface area contributed by atoms with Gasteiger partial charge in [0.2, 0.25) is 0 Å². The van der Waals surface area contributed by atoms with E-state index in [2.05, 4.69) is 20.3 Å². The maximum Gasteiger partial charge on any atom is 0.164 e. The molecule has 23 heavy (non-hydrogen) atoms. The maximum atomic E-state index is 13.0. The number of carbonyl (C=O) groups excluding carboxylic acids is 1. The number of allylic oxidation sites excluding steroid dienone is 2. The van der Waals surface area contributed by atoms with Gasteiger partial charge in [-0.3, -0.25) is 14.8 Å². The zero-order chi connectivity index (χ0) is 15.6. The molecule has 6 rings (SSSR count). The van der Waals surface area contributed by atoms with Gasteiger partial charge in [-0.05, 0) is 56.3 Å². The Balaban J connectivity index is 1.59. The minimum atomic E-state index is 0.0543. The SMILES string of the molecule is CC1=NC=CN2NCC3=C2C1=CC(=O)[C@H]3C1CN2CCC1CC2. The van der Waals surface area contributed by atoms with Crippen molar-refractivity contribution in [2.75, 3.05) is 26.2 Å². The quantitative estimate of drug-likeness (QED) is 0.797. The lowest BCUT2D eigenvalue weighted by Crippen LogP contribution is -2.51. The summed E-state index contributed by atoms with van der Waals surface area (Å²) in [5, 5.41) is 2.06. The zero-order valence-electron chi connectivity index (χ0n) is 13.5. The van der Waals surface area contributed by atoms with Crippen molar-refractivity contribution in [3.63, 3.8) is 0 Å². The summed E-state index contributed by atoms with van der Waals surface area (Å²) in [6, 6.07) is 0. The predicted octanol–water partition coefficient (Wildman–Crippen LogP) is 1.47. The third-order valence-electron chi connectivity index (χ3n) is 6.22. The number of rotatable bonds is 1. The third-order valence-corrected chi connectivity index (χ3v) is 6.22. The van der Waals surface area contributed by atoms with E-state index in [4.69, 9.17) is 0 Å². The van der Waals surface area contributed by atoms with Crippen molar-refractivity contribution in [2.45, 2.75) is 19.8 Å². The average molecular weight is 310 g/mol. The van der Waals surface area contributed by atoms with E-state index in [1.165, 1.54) is 37.2 Å². The van der Waals surface area contributed by atoms with Gasteiger partial charge in [-0.25, -0.2) is 5.43 Å². The minimum absolute atomic E-state index is 0.0543. The number of hydrazine groups is 1. The van der Waals surface area contributed by atoms with Crippen LogP contribution < -0.4 is 5.43 Å². The van der Waals surface area contributed by atoms with Crippen molar-refractivity contribution in [1.82, 2.24) is 15.3 Å². The summed E-state index contributed by atoms with van der Waals surface area (Å²) < 4.78 is 0. The number of nitrogens with one attached hydrogen (secondary N) is 1. The summed E-state index contributed by atoms with van der Waals surface area (Å²) in [4.78, 5) is 20.0. The van der Waals surface area contributed by atoms with Gasteiger partial charge in [0.25, 0.3) is 0 Å². The summed E-state index contributed by atoms with van der Waals surface area (Å²) in [6.07, 6.45) is 8.14. The molecule has 0 aromatic carbocycles. The fourth-order valence-electron chi connectivity index (χ4n) is 5.06. The summed E-state index contributed by atoms with van der Waals surface area (Å²) in [5.41, 5.74) is 7.81. The molecule has 0 aromatic rings. The third kappa shape index (κ3) is 1.93. The minimum Gasteiger partial charge on any atom is -0.303 e. The van der Waals surface area contributed by atoms with E-state index in [0.717, 1.165) is 24.4 Å². The van der Waals surface area contributed by atoms with E-state index in [9.17, 15) is 4.79 Å². The van der Waals surface area contributed by atoms with E-state index in [1.807, 2.05) is 25.4 Å². The topological polar surface area (TPSA) is 47.9 Å². The van der Waals surface area contributed by atoms with Crippen molar-refractivity contribution >= 4 is 11.5 Å². The summed E-state index contributed by atoms with van der Waals surface area (Å²) in [7, 11) is 0. The van der Waals surface area contributed by atoms with Crippen molar-refractivity contribution in [3.8, 4) is 0 Å². The van der Waals surface area contributed by atoms with Crippen LogP contribution in [-0.4, -0.2) is 47.6 Å². The van der Waals surface area contributed by atoms with Gasteiger partial charge < -0.3 is 4.90 Å². The summed E-state index contributed by atoms with van der Waals surface area (Å²) in [6.45, 7) is 6.29. The van der Waals surface area contributed by atoms with Crippen molar-refractivity contribution in [1.29, 1.82) is 0 Å². The normalized spacial score (nSPS) is 38.5. The van der Waals surface area contributed by atoms with Crippen LogP contribution in [0.5, 0.6) is 0 Å². The monoisotopic (exact) mass is 310 g/mol. The fourth-order valence-corrected chi connectivity index (χ4v) is 5.06. The lowest BCUT2D eigenvalue weighted by atomic mass is 9.67. The highest BCUT2D eigenvalue weighted by Crippen LogP contribution is 2.45.